The average Bonchev–Trinajstić information content (AvgIpc) is 2.46. The van der Waals surface area contributed by atoms with Crippen molar-refractivity contribution >= 4 is 11.9 Å². The highest BCUT2D eigenvalue weighted by Crippen LogP contribution is 2.24. The Bertz CT molecular complexity index is 430. The van der Waals surface area contributed by atoms with Crippen LogP contribution in [0.5, 0.6) is 6.01 Å². The first-order valence-electron chi connectivity index (χ1n) is 7.47. The van der Waals surface area contributed by atoms with Crippen molar-refractivity contribution in [2.75, 3.05) is 30.4 Å². The Labute approximate surface area is 121 Å². The zero-order chi connectivity index (χ0) is 14.5. The Kier molecular flexibility index (Phi) is 4.98. The molecule has 1 aliphatic heterocycles. The highest BCUT2D eigenvalue weighted by atomic mass is 16.5. The number of ether oxygens (including phenoxy) is 1. The highest BCUT2D eigenvalue weighted by Gasteiger charge is 2.21. The van der Waals surface area contributed by atoms with Gasteiger partial charge < -0.3 is 15.0 Å². The Balaban J connectivity index is 2.14. The van der Waals surface area contributed by atoms with E-state index < -0.39 is 0 Å². The molecule has 0 bridgehead atoms. The van der Waals surface area contributed by atoms with E-state index in [0.29, 0.717) is 12.0 Å². The molecule has 0 radical (unpaired) electrons. The summed E-state index contributed by atoms with van der Waals surface area (Å²) in [7, 11) is 1.81. The minimum absolute atomic E-state index is 0.0563. The summed E-state index contributed by atoms with van der Waals surface area (Å²) >= 11 is 0. The molecule has 0 atom stereocenters. The van der Waals surface area contributed by atoms with Crippen molar-refractivity contribution in [2.24, 2.45) is 5.92 Å². The van der Waals surface area contributed by atoms with Gasteiger partial charge in [-0.25, -0.2) is 0 Å². The Morgan fingerprint density at radius 3 is 2.50 bits per heavy atom. The molecule has 20 heavy (non-hydrogen) atoms. The number of hydrogen-bond acceptors (Lipinski definition) is 6. The van der Waals surface area contributed by atoms with Crippen LogP contribution in [0.15, 0.2) is 0 Å². The Morgan fingerprint density at radius 2 is 1.95 bits per heavy atom. The van der Waals surface area contributed by atoms with Gasteiger partial charge in [-0.1, -0.05) is 13.3 Å². The van der Waals surface area contributed by atoms with Crippen LogP contribution in [0.1, 0.15) is 40.0 Å². The number of piperidine rings is 1. The number of nitrogens with one attached hydrogen (secondary N) is 1. The van der Waals surface area contributed by atoms with Gasteiger partial charge in [-0.15, -0.1) is 0 Å². The molecule has 2 heterocycles. The molecule has 1 aliphatic rings. The van der Waals surface area contributed by atoms with Gasteiger partial charge in [0.2, 0.25) is 11.9 Å². The van der Waals surface area contributed by atoms with Crippen molar-refractivity contribution in [3.63, 3.8) is 0 Å². The lowest BCUT2D eigenvalue weighted by Crippen LogP contribution is -2.35. The number of nitrogens with zero attached hydrogens (tertiary/aromatic N) is 4. The van der Waals surface area contributed by atoms with Gasteiger partial charge in [0.1, 0.15) is 0 Å². The van der Waals surface area contributed by atoms with Gasteiger partial charge in [0.05, 0.1) is 6.10 Å². The molecule has 6 heteroatoms. The molecule has 1 aromatic rings. The topological polar surface area (TPSA) is 63.2 Å². The second-order valence-electron chi connectivity index (χ2n) is 5.50. The molecule has 6 nitrogen and oxygen atoms in total. The first kappa shape index (κ1) is 14.8. The largest absolute Gasteiger partial charge is 0.461 e. The fraction of sp³-hybridized carbons (Fsp3) is 0.786. The maximum atomic E-state index is 5.60. The van der Waals surface area contributed by atoms with E-state index >= 15 is 0 Å². The second-order valence-corrected chi connectivity index (χ2v) is 5.50. The monoisotopic (exact) mass is 279 g/mol. The molecule has 0 unspecified atom stereocenters. The molecular formula is C14H25N5O. The van der Waals surface area contributed by atoms with E-state index in [9.17, 15) is 0 Å². The van der Waals surface area contributed by atoms with E-state index in [4.69, 9.17) is 4.74 Å². The average molecular weight is 279 g/mol. The fourth-order valence-electron chi connectivity index (χ4n) is 2.40. The molecule has 1 aromatic heterocycles. The maximum absolute atomic E-state index is 5.60. The van der Waals surface area contributed by atoms with Crippen LogP contribution < -0.4 is 15.0 Å². The SMILES string of the molecule is CCC1CCN(c2nc(NC)nc(OC(C)C)n2)CC1. The lowest BCUT2D eigenvalue weighted by molar-refractivity contribution is 0.222. The molecule has 0 spiro atoms. The minimum atomic E-state index is 0.0563. The molecule has 2 rings (SSSR count). The van der Waals surface area contributed by atoms with Gasteiger partial charge in [-0.2, -0.15) is 15.0 Å². The van der Waals surface area contributed by atoms with Gasteiger partial charge in [0.15, 0.2) is 0 Å². The van der Waals surface area contributed by atoms with E-state index in [1.165, 1.54) is 19.3 Å². The quantitative estimate of drug-likeness (QED) is 0.892. The summed E-state index contributed by atoms with van der Waals surface area (Å²) in [5.74, 6) is 2.11. The lowest BCUT2D eigenvalue weighted by atomic mass is 9.95. The van der Waals surface area contributed by atoms with Crippen molar-refractivity contribution in [2.45, 2.75) is 46.1 Å². The van der Waals surface area contributed by atoms with E-state index in [-0.39, 0.29) is 6.10 Å². The highest BCUT2D eigenvalue weighted by molar-refractivity contribution is 5.38. The Hall–Kier alpha value is -1.59. The van der Waals surface area contributed by atoms with Crippen molar-refractivity contribution < 1.29 is 4.74 Å². The molecule has 0 amide bonds. The molecular weight excluding hydrogens is 254 g/mol. The van der Waals surface area contributed by atoms with Crippen molar-refractivity contribution in [3.8, 4) is 6.01 Å². The number of aromatic nitrogens is 3. The van der Waals surface area contributed by atoms with Gasteiger partial charge in [0.25, 0.3) is 0 Å². The molecule has 1 fully saturated rings. The minimum Gasteiger partial charge on any atom is -0.461 e. The number of rotatable bonds is 5. The first-order chi connectivity index (χ1) is 9.62. The van der Waals surface area contributed by atoms with Gasteiger partial charge >= 0.3 is 6.01 Å². The second kappa shape index (κ2) is 6.72. The Morgan fingerprint density at radius 1 is 1.25 bits per heavy atom. The van der Waals surface area contributed by atoms with Crippen molar-refractivity contribution in [3.05, 3.63) is 0 Å². The predicted octanol–water partition coefficient (Wildman–Crippen LogP) is 2.33. The zero-order valence-electron chi connectivity index (χ0n) is 12.9. The standard InChI is InChI=1S/C14H25N5O/c1-5-11-6-8-19(9-7-11)13-16-12(15-4)17-14(18-13)20-10(2)3/h10-11H,5-9H2,1-4H3,(H,15,16,17,18). The van der Waals surface area contributed by atoms with Crippen LogP contribution in [0.25, 0.3) is 0 Å². The van der Waals surface area contributed by atoms with E-state index in [1.807, 2.05) is 20.9 Å². The van der Waals surface area contributed by atoms with Crippen molar-refractivity contribution in [1.82, 2.24) is 15.0 Å². The first-order valence-corrected chi connectivity index (χ1v) is 7.47. The van der Waals surface area contributed by atoms with Gasteiger partial charge in [0, 0.05) is 20.1 Å². The third-order valence-electron chi connectivity index (χ3n) is 3.64. The van der Waals surface area contributed by atoms with E-state index in [2.05, 4.69) is 32.1 Å². The third-order valence-corrected chi connectivity index (χ3v) is 3.64. The van der Waals surface area contributed by atoms with Crippen molar-refractivity contribution in [1.29, 1.82) is 0 Å². The lowest BCUT2D eigenvalue weighted by Gasteiger charge is -2.31. The van der Waals surface area contributed by atoms with Crippen LogP contribution >= 0.6 is 0 Å². The summed E-state index contributed by atoms with van der Waals surface area (Å²) in [5, 5.41) is 2.97. The number of anilines is 2. The van der Waals surface area contributed by atoms with Crippen LogP contribution in [0.4, 0.5) is 11.9 Å². The molecule has 1 N–H and O–H groups in total. The maximum Gasteiger partial charge on any atom is 0.323 e. The summed E-state index contributed by atoms with van der Waals surface area (Å²) in [4.78, 5) is 15.3. The molecule has 1 saturated heterocycles. The van der Waals surface area contributed by atoms with Crippen LogP contribution in [0, 0.1) is 5.92 Å². The van der Waals surface area contributed by atoms with Crippen LogP contribution in [0.2, 0.25) is 0 Å². The van der Waals surface area contributed by atoms with Crippen LogP contribution in [-0.2, 0) is 0 Å². The van der Waals surface area contributed by atoms with Crippen LogP contribution in [0.3, 0.4) is 0 Å². The van der Waals surface area contributed by atoms with Crippen LogP contribution in [-0.4, -0.2) is 41.2 Å². The summed E-state index contributed by atoms with van der Waals surface area (Å²) in [6.07, 6.45) is 3.73. The summed E-state index contributed by atoms with van der Waals surface area (Å²) < 4.78 is 5.60. The van der Waals surface area contributed by atoms with Gasteiger partial charge in [-0.3, -0.25) is 0 Å². The molecule has 0 saturated carbocycles. The normalized spacial score (nSPS) is 16.6. The molecule has 112 valence electrons. The van der Waals surface area contributed by atoms with E-state index in [0.717, 1.165) is 25.0 Å². The molecule has 0 aromatic carbocycles. The third kappa shape index (κ3) is 3.71. The zero-order valence-corrected chi connectivity index (χ0v) is 12.9. The number of hydrogen-bond donors (Lipinski definition) is 1. The van der Waals surface area contributed by atoms with Gasteiger partial charge in [-0.05, 0) is 32.6 Å². The molecule has 0 aliphatic carbocycles. The van der Waals surface area contributed by atoms with E-state index in [1.54, 1.807) is 0 Å². The summed E-state index contributed by atoms with van der Waals surface area (Å²) in [6, 6.07) is 0.395. The smallest absolute Gasteiger partial charge is 0.323 e. The predicted molar refractivity (Wildman–Crippen MR) is 80.4 cm³/mol. The summed E-state index contributed by atoms with van der Waals surface area (Å²) in [6.45, 7) is 8.21. The summed E-state index contributed by atoms with van der Waals surface area (Å²) in [5.41, 5.74) is 0. The fourth-order valence-corrected chi connectivity index (χ4v) is 2.40.